The normalized spacial score (nSPS) is 12.2. The molecule has 76 heavy (non-hydrogen) atoms. The van der Waals surface area contributed by atoms with E-state index in [1.165, 1.54) is 30.3 Å². The summed E-state index contributed by atoms with van der Waals surface area (Å²) in [6.07, 6.45) is 3.65. The van der Waals surface area contributed by atoms with E-state index in [9.17, 15) is 13.1 Å². The van der Waals surface area contributed by atoms with Gasteiger partial charge in [0.2, 0.25) is 11.4 Å². The maximum absolute atomic E-state index is 9.95. The molecule has 0 amide bonds. The highest BCUT2D eigenvalue weighted by Gasteiger charge is 2.35. The molecule has 0 spiro atoms. The van der Waals surface area contributed by atoms with Gasteiger partial charge in [-0.3, -0.25) is 4.98 Å². The highest BCUT2D eigenvalue weighted by Crippen LogP contribution is 2.57. The Morgan fingerprint density at radius 2 is 0.658 bits per heavy atom. The molecule has 0 radical (unpaired) electrons. The lowest BCUT2D eigenvalue weighted by Gasteiger charge is -2.27. The Morgan fingerprint density at radius 3 is 1.07 bits per heavy atom. The standard InChI is InChI=1S/C67H34N6S3/c1-68-57-56(37-33-35-70-36-34-37)62(71-50-21-9-3-15-38(50)44-27-30-47-41-18-6-12-24-53(41)74-65(47)59(44)71)64(73-52-23-11-5-17-40(52)46-29-32-49-43-20-8-14-26-55(43)76-67(49)61(46)73)58(69-2)63(57)72-51-22-10-4-16-39(51)45-28-31-48-42-19-7-13-25-54(42)75-66(48)60(45)72/h3-36H. The maximum atomic E-state index is 9.95. The lowest BCUT2D eigenvalue weighted by molar-refractivity contribution is 1.09. The highest BCUT2D eigenvalue weighted by atomic mass is 32.1. The molecule has 17 aromatic rings. The Labute approximate surface area is 444 Å². The fourth-order valence-corrected chi connectivity index (χ4v) is 16.4. The lowest BCUT2D eigenvalue weighted by atomic mass is 9.96. The van der Waals surface area contributed by atoms with Gasteiger partial charge in [0.25, 0.3) is 0 Å². The summed E-state index contributed by atoms with van der Waals surface area (Å²) in [5.74, 6) is 0. The van der Waals surface area contributed by atoms with Crippen molar-refractivity contribution in [2.45, 2.75) is 0 Å². The van der Waals surface area contributed by atoms with E-state index < -0.39 is 0 Å². The second-order valence-corrected chi connectivity index (χ2v) is 22.6. The maximum Gasteiger partial charge on any atom is 0.225 e. The molecule has 6 nitrogen and oxygen atoms in total. The summed E-state index contributed by atoms with van der Waals surface area (Å²) in [7, 11) is 0. The van der Waals surface area contributed by atoms with E-state index in [1.54, 1.807) is 34.0 Å². The predicted octanol–water partition coefficient (Wildman–Crippen LogP) is 20.2. The van der Waals surface area contributed by atoms with Crippen LogP contribution in [0.1, 0.15) is 0 Å². The zero-order valence-corrected chi connectivity index (χ0v) is 42.5. The summed E-state index contributed by atoms with van der Waals surface area (Å²) in [4.78, 5) is 14.2. The van der Waals surface area contributed by atoms with Gasteiger partial charge < -0.3 is 13.7 Å². The number of hydrogen-bond acceptors (Lipinski definition) is 4. The van der Waals surface area contributed by atoms with Crippen LogP contribution in [0.3, 0.4) is 0 Å². The van der Waals surface area contributed by atoms with Crippen molar-refractivity contribution in [1.82, 2.24) is 18.7 Å². The molecule has 0 atom stereocenters. The fraction of sp³-hybridized carbons (Fsp3) is 0. The fourth-order valence-electron chi connectivity index (χ4n) is 12.7. The van der Waals surface area contributed by atoms with Crippen LogP contribution in [0, 0.1) is 13.1 Å². The number of aromatic nitrogens is 4. The first kappa shape index (κ1) is 41.8. The third kappa shape index (κ3) is 5.38. The molecule has 350 valence electrons. The number of benzene rings is 10. The van der Waals surface area contributed by atoms with Crippen LogP contribution < -0.4 is 0 Å². The third-order valence-corrected chi connectivity index (χ3v) is 19.4. The van der Waals surface area contributed by atoms with Crippen LogP contribution >= 0.6 is 34.0 Å². The molecule has 0 fully saturated rings. The second-order valence-electron chi connectivity index (χ2n) is 19.4. The summed E-state index contributed by atoms with van der Waals surface area (Å²) < 4.78 is 14.1. The van der Waals surface area contributed by atoms with Crippen molar-refractivity contribution in [2.24, 2.45) is 0 Å². The van der Waals surface area contributed by atoms with E-state index in [0.717, 1.165) is 112 Å². The largest absolute Gasteiger partial charge is 0.328 e. The molecular formula is C67H34N6S3. The highest BCUT2D eigenvalue weighted by molar-refractivity contribution is 7.27. The number of hydrogen-bond donors (Lipinski definition) is 0. The summed E-state index contributed by atoms with van der Waals surface area (Å²) in [5, 5.41) is 13.5. The Hall–Kier alpha value is -9.61. The molecule has 17 rings (SSSR count). The number of para-hydroxylation sites is 3. The van der Waals surface area contributed by atoms with E-state index in [1.807, 2.05) is 24.5 Å². The lowest BCUT2D eigenvalue weighted by Crippen LogP contribution is -2.09. The monoisotopic (exact) mass is 1020 g/mol. The Balaban J connectivity index is 1.19. The molecular weight excluding hydrogens is 985 g/mol. The van der Waals surface area contributed by atoms with Gasteiger partial charge in [0.05, 0.1) is 77.4 Å². The van der Waals surface area contributed by atoms with E-state index in [-0.39, 0.29) is 0 Å². The minimum absolute atomic E-state index is 0.384. The topological polar surface area (TPSA) is 36.4 Å². The van der Waals surface area contributed by atoms with Gasteiger partial charge in [-0.25, -0.2) is 9.69 Å². The van der Waals surface area contributed by atoms with Gasteiger partial charge in [-0.15, -0.1) is 34.0 Å². The Kier molecular flexibility index (Phi) is 8.51. The van der Waals surface area contributed by atoms with E-state index in [4.69, 9.17) is 9.69 Å². The third-order valence-electron chi connectivity index (χ3n) is 15.8. The van der Waals surface area contributed by atoms with Crippen molar-refractivity contribution in [3.05, 3.63) is 229 Å². The molecule has 0 N–H and O–H groups in total. The molecule has 9 heteroatoms. The molecule has 0 aliphatic rings. The summed E-state index contributed by atoms with van der Waals surface area (Å²) >= 11 is 5.36. The van der Waals surface area contributed by atoms with Crippen molar-refractivity contribution in [1.29, 1.82) is 0 Å². The molecule has 0 saturated carbocycles. The van der Waals surface area contributed by atoms with Gasteiger partial charge in [0.15, 0.2) is 0 Å². The van der Waals surface area contributed by atoms with Crippen molar-refractivity contribution >= 4 is 171 Å². The molecule has 0 saturated heterocycles. The van der Waals surface area contributed by atoms with Gasteiger partial charge in [-0.05, 0) is 54.1 Å². The smallest absolute Gasteiger partial charge is 0.225 e. The minimum atomic E-state index is 0.384. The number of rotatable bonds is 4. The van der Waals surface area contributed by atoms with Crippen molar-refractivity contribution in [2.75, 3.05) is 0 Å². The summed E-state index contributed by atoms with van der Waals surface area (Å²) in [6, 6.07) is 69.4. The van der Waals surface area contributed by atoms with Crippen molar-refractivity contribution < 1.29 is 0 Å². The van der Waals surface area contributed by atoms with Gasteiger partial charge >= 0.3 is 0 Å². The van der Waals surface area contributed by atoms with Crippen LogP contribution in [0.4, 0.5) is 11.4 Å². The van der Waals surface area contributed by atoms with E-state index in [2.05, 4.69) is 201 Å². The first-order valence-corrected chi connectivity index (χ1v) is 27.5. The van der Waals surface area contributed by atoms with Crippen molar-refractivity contribution in [3.8, 4) is 28.2 Å². The van der Waals surface area contributed by atoms with E-state index >= 15 is 0 Å². The second kappa shape index (κ2) is 15.5. The zero-order valence-electron chi connectivity index (χ0n) is 40.0. The van der Waals surface area contributed by atoms with Crippen molar-refractivity contribution in [3.63, 3.8) is 0 Å². The number of pyridine rings is 1. The molecule has 7 aromatic heterocycles. The van der Waals surface area contributed by atoms with Gasteiger partial charge in [-0.2, -0.15) is 0 Å². The molecule has 10 aromatic carbocycles. The Bertz CT molecular complexity index is 5510. The SMILES string of the molecule is [C-]#[N+]c1c(-c2ccncc2)c(-n2c3ccccc3c3ccc4c5ccccc5sc4c32)c(-n2c3ccccc3c3ccc4c5ccccc5sc4c32)c([N+]#[C-])c1-n1c2ccccc2c2ccc3c4ccccc4sc3c21. The molecule has 0 aliphatic carbocycles. The first-order valence-electron chi connectivity index (χ1n) is 25.1. The van der Waals surface area contributed by atoms with Crippen LogP contribution in [0.5, 0.6) is 0 Å². The number of fused-ring (bicyclic) bond motifs is 21. The Morgan fingerprint density at radius 1 is 0.316 bits per heavy atom. The zero-order chi connectivity index (χ0) is 49.9. The number of nitrogens with zero attached hydrogens (tertiary/aromatic N) is 6. The van der Waals surface area contributed by atoms with Gasteiger partial charge in [-0.1, -0.05) is 146 Å². The first-order chi connectivity index (χ1) is 37.7. The summed E-state index contributed by atoms with van der Waals surface area (Å²) in [5.41, 5.74) is 10.2. The average Bonchev–Trinajstić information content (AvgIpc) is 4.51. The van der Waals surface area contributed by atoms with Gasteiger partial charge in [0, 0.05) is 96.7 Å². The average molecular weight is 1020 g/mol. The predicted molar refractivity (Wildman–Crippen MR) is 324 cm³/mol. The van der Waals surface area contributed by atoms with Crippen LogP contribution in [-0.4, -0.2) is 18.7 Å². The van der Waals surface area contributed by atoms with Gasteiger partial charge in [0.1, 0.15) is 0 Å². The molecule has 0 bridgehead atoms. The number of thiophene rings is 3. The van der Waals surface area contributed by atoms with Crippen LogP contribution in [0.25, 0.3) is 164 Å². The molecule has 7 heterocycles. The molecule has 0 aliphatic heterocycles. The minimum Gasteiger partial charge on any atom is -0.328 e. The summed E-state index contributed by atoms with van der Waals surface area (Å²) in [6.45, 7) is 19.7. The molecule has 0 unspecified atom stereocenters. The quantitative estimate of drug-likeness (QED) is 0.162. The van der Waals surface area contributed by atoms with Crippen LogP contribution in [0.15, 0.2) is 207 Å². The van der Waals surface area contributed by atoms with Crippen LogP contribution in [0.2, 0.25) is 0 Å². The van der Waals surface area contributed by atoms with E-state index in [0.29, 0.717) is 22.7 Å². The van der Waals surface area contributed by atoms with Crippen LogP contribution in [-0.2, 0) is 0 Å².